The summed E-state index contributed by atoms with van der Waals surface area (Å²) in [4.78, 5) is 30.3. The zero-order chi connectivity index (χ0) is 20.5. The van der Waals surface area contributed by atoms with E-state index >= 15 is 0 Å². The lowest BCUT2D eigenvalue weighted by Gasteiger charge is -2.35. The topological polar surface area (TPSA) is 65.5 Å². The summed E-state index contributed by atoms with van der Waals surface area (Å²) in [7, 11) is 3.81. The van der Waals surface area contributed by atoms with Crippen molar-refractivity contribution in [3.8, 4) is 0 Å². The Balaban J connectivity index is 1.66. The van der Waals surface area contributed by atoms with Crippen LogP contribution in [0.2, 0.25) is 0 Å². The van der Waals surface area contributed by atoms with Crippen LogP contribution in [0.15, 0.2) is 24.4 Å². The van der Waals surface area contributed by atoms with Crippen LogP contribution in [0, 0.1) is 6.92 Å². The molecule has 1 amide bonds. The second kappa shape index (κ2) is 7.61. The molecule has 7 nitrogen and oxygen atoms in total. The van der Waals surface area contributed by atoms with E-state index in [1.165, 1.54) is 6.07 Å². The molecule has 0 unspecified atom stereocenters. The monoisotopic (exact) mass is 394 g/mol. The highest BCUT2D eigenvalue weighted by Crippen LogP contribution is 2.27. The molecule has 1 aliphatic heterocycles. The van der Waals surface area contributed by atoms with Crippen LogP contribution >= 0.6 is 0 Å². The van der Waals surface area contributed by atoms with Crippen LogP contribution in [0.3, 0.4) is 0 Å². The third-order valence-corrected chi connectivity index (χ3v) is 4.46. The first kappa shape index (κ1) is 19.8. The third-order valence-electron chi connectivity index (χ3n) is 4.46. The molecule has 0 aromatic carbocycles. The summed E-state index contributed by atoms with van der Waals surface area (Å²) in [6.45, 7) is 3.86. The molecule has 10 heteroatoms. The van der Waals surface area contributed by atoms with Crippen LogP contribution in [-0.4, -0.2) is 66.0 Å². The van der Waals surface area contributed by atoms with E-state index in [1.54, 1.807) is 4.90 Å². The largest absolute Gasteiger partial charge is 0.433 e. The van der Waals surface area contributed by atoms with Crippen molar-refractivity contribution in [3.63, 3.8) is 0 Å². The minimum absolute atomic E-state index is 0.147. The highest BCUT2D eigenvalue weighted by atomic mass is 19.4. The minimum Gasteiger partial charge on any atom is -0.363 e. The Labute approximate surface area is 160 Å². The van der Waals surface area contributed by atoms with E-state index in [0.717, 1.165) is 23.9 Å². The highest BCUT2D eigenvalue weighted by molar-refractivity contribution is 5.94. The number of rotatable bonds is 3. The molecule has 1 fully saturated rings. The molecule has 0 N–H and O–H groups in total. The number of aryl methyl sites for hydroxylation is 1. The number of aromatic nitrogens is 3. The number of hydrogen-bond acceptors (Lipinski definition) is 6. The van der Waals surface area contributed by atoms with Gasteiger partial charge in [0.05, 0.1) is 5.56 Å². The molecule has 1 aliphatic rings. The fourth-order valence-electron chi connectivity index (χ4n) is 2.94. The smallest absolute Gasteiger partial charge is 0.363 e. The zero-order valence-electron chi connectivity index (χ0n) is 15.9. The number of alkyl halides is 3. The third kappa shape index (κ3) is 4.32. The van der Waals surface area contributed by atoms with Crippen LogP contribution in [0.4, 0.5) is 24.8 Å². The molecule has 0 saturated carbocycles. The maximum Gasteiger partial charge on any atom is 0.433 e. The van der Waals surface area contributed by atoms with Crippen molar-refractivity contribution in [1.82, 2.24) is 19.9 Å². The average Bonchev–Trinajstić information content (AvgIpc) is 2.66. The highest BCUT2D eigenvalue weighted by Gasteiger charge is 2.32. The van der Waals surface area contributed by atoms with Crippen molar-refractivity contribution < 1.29 is 18.0 Å². The molecule has 0 radical (unpaired) electrons. The summed E-state index contributed by atoms with van der Waals surface area (Å²) in [5, 5.41) is 0. The number of amides is 1. The maximum absolute atomic E-state index is 12.6. The molecule has 0 spiro atoms. The van der Waals surface area contributed by atoms with Crippen molar-refractivity contribution in [2.45, 2.75) is 13.1 Å². The molecule has 0 aliphatic carbocycles. The van der Waals surface area contributed by atoms with Crippen molar-refractivity contribution >= 4 is 17.5 Å². The maximum atomic E-state index is 12.6. The Morgan fingerprint density at radius 1 is 1.11 bits per heavy atom. The van der Waals surface area contributed by atoms with Crippen LogP contribution in [0.1, 0.15) is 21.9 Å². The molecule has 1 saturated heterocycles. The van der Waals surface area contributed by atoms with E-state index in [0.29, 0.717) is 32.0 Å². The molecule has 150 valence electrons. The van der Waals surface area contributed by atoms with Gasteiger partial charge in [0.25, 0.3) is 5.91 Å². The molecular formula is C18H21F3N6O. The lowest BCUT2D eigenvalue weighted by Crippen LogP contribution is -2.49. The van der Waals surface area contributed by atoms with Gasteiger partial charge in [-0.05, 0) is 19.1 Å². The molecule has 0 bridgehead atoms. The van der Waals surface area contributed by atoms with Gasteiger partial charge in [0.2, 0.25) is 0 Å². The zero-order valence-corrected chi connectivity index (χ0v) is 15.9. The molecular weight excluding hydrogens is 373 g/mol. The molecule has 3 heterocycles. The Hall–Kier alpha value is -2.91. The number of carbonyl (C=O) groups excluding carboxylic acids is 1. The van der Waals surface area contributed by atoms with E-state index in [9.17, 15) is 18.0 Å². The van der Waals surface area contributed by atoms with Crippen LogP contribution in [0.25, 0.3) is 0 Å². The lowest BCUT2D eigenvalue weighted by molar-refractivity contribution is -0.141. The number of carbonyl (C=O) groups is 1. The van der Waals surface area contributed by atoms with Gasteiger partial charge in [0.1, 0.15) is 23.2 Å². The van der Waals surface area contributed by atoms with Crippen molar-refractivity contribution in [2.75, 3.05) is 50.1 Å². The Morgan fingerprint density at radius 3 is 2.32 bits per heavy atom. The molecule has 28 heavy (non-hydrogen) atoms. The average molecular weight is 394 g/mol. The first-order valence-corrected chi connectivity index (χ1v) is 8.75. The normalized spacial score (nSPS) is 14.9. The number of pyridine rings is 1. The SMILES string of the molecule is Cc1nc(N(C)C)cc(N2CCN(C(=O)c3ccc(C(F)(F)F)nc3)CC2)n1. The molecule has 3 rings (SSSR count). The summed E-state index contributed by atoms with van der Waals surface area (Å²) < 4.78 is 37.8. The number of hydrogen-bond donors (Lipinski definition) is 0. The van der Waals surface area contributed by atoms with Crippen molar-refractivity contribution in [2.24, 2.45) is 0 Å². The van der Waals surface area contributed by atoms with Gasteiger partial charge in [-0.2, -0.15) is 13.2 Å². The fraction of sp³-hybridized carbons (Fsp3) is 0.444. The van der Waals surface area contributed by atoms with Gasteiger partial charge >= 0.3 is 6.18 Å². The van der Waals surface area contributed by atoms with E-state index in [4.69, 9.17) is 0 Å². The van der Waals surface area contributed by atoms with Gasteiger partial charge in [-0.25, -0.2) is 9.97 Å². The van der Waals surface area contributed by atoms with E-state index in [2.05, 4.69) is 19.9 Å². The van der Waals surface area contributed by atoms with Gasteiger partial charge in [-0.15, -0.1) is 0 Å². The van der Waals surface area contributed by atoms with E-state index in [1.807, 2.05) is 32.0 Å². The predicted molar refractivity (Wildman–Crippen MR) is 98.5 cm³/mol. The lowest BCUT2D eigenvalue weighted by atomic mass is 10.2. The standard InChI is InChI=1S/C18H21F3N6O/c1-12-23-15(25(2)3)10-16(24-12)26-6-8-27(9-7-26)17(28)13-4-5-14(22-11-13)18(19,20)21/h4-5,10-11H,6-9H2,1-3H3. The quantitative estimate of drug-likeness (QED) is 0.796. The molecule has 2 aromatic rings. The van der Waals surface area contributed by atoms with Crippen molar-refractivity contribution in [3.05, 3.63) is 41.5 Å². The first-order valence-electron chi connectivity index (χ1n) is 8.75. The number of halogens is 3. The van der Waals surface area contributed by atoms with Gasteiger partial charge in [-0.1, -0.05) is 0 Å². The second-order valence-electron chi connectivity index (χ2n) is 6.74. The Kier molecular flexibility index (Phi) is 5.39. The van der Waals surface area contributed by atoms with Gasteiger partial charge < -0.3 is 14.7 Å². The van der Waals surface area contributed by atoms with Crippen molar-refractivity contribution in [1.29, 1.82) is 0 Å². The Morgan fingerprint density at radius 2 is 1.79 bits per heavy atom. The van der Waals surface area contributed by atoms with Gasteiger partial charge in [-0.3, -0.25) is 9.78 Å². The van der Waals surface area contributed by atoms with E-state index < -0.39 is 11.9 Å². The minimum atomic E-state index is -4.52. The summed E-state index contributed by atoms with van der Waals surface area (Å²) in [6, 6.07) is 3.89. The molecule has 0 atom stereocenters. The second-order valence-corrected chi connectivity index (χ2v) is 6.74. The summed E-state index contributed by atoms with van der Waals surface area (Å²) >= 11 is 0. The first-order chi connectivity index (χ1) is 13.1. The fourth-order valence-corrected chi connectivity index (χ4v) is 2.94. The molecule has 2 aromatic heterocycles. The summed E-state index contributed by atoms with van der Waals surface area (Å²) in [6.07, 6.45) is -3.54. The van der Waals surface area contributed by atoms with Crippen LogP contribution in [-0.2, 0) is 6.18 Å². The number of anilines is 2. The van der Waals surface area contributed by atoms with Crippen LogP contribution < -0.4 is 9.80 Å². The Bertz CT molecular complexity index is 845. The van der Waals surface area contributed by atoms with Gasteiger partial charge in [0.15, 0.2) is 0 Å². The predicted octanol–water partition coefficient (Wildman–Crippen LogP) is 2.23. The summed E-state index contributed by atoms with van der Waals surface area (Å²) in [5.74, 6) is 1.93. The number of piperazine rings is 1. The van der Waals surface area contributed by atoms with Gasteiger partial charge in [0, 0.05) is 52.5 Å². The van der Waals surface area contributed by atoms with Crippen LogP contribution in [0.5, 0.6) is 0 Å². The summed E-state index contributed by atoms with van der Waals surface area (Å²) in [5.41, 5.74) is -0.862. The number of nitrogens with zero attached hydrogens (tertiary/aromatic N) is 6. The van der Waals surface area contributed by atoms with E-state index in [-0.39, 0.29) is 11.5 Å².